The normalized spacial score (nSPS) is 23.5. The summed E-state index contributed by atoms with van der Waals surface area (Å²) in [6.45, 7) is 10.1. The Morgan fingerprint density at radius 3 is 2.89 bits per heavy atom. The maximum absolute atomic E-state index is 10.2. The van der Waals surface area contributed by atoms with Crippen molar-refractivity contribution < 1.29 is 14.3 Å². The lowest BCUT2D eigenvalue weighted by Gasteiger charge is -2.39. The van der Waals surface area contributed by atoms with E-state index in [1.54, 1.807) is 6.26 Å². The van der Waals surface area contributed by atoms with Gasteiger partial charge in [0.1, 0.15) is 11.9 Å². The van der Waals surface area contributed by atoms with Gasteiger partial charge in [-0.15, -0.1) is 0 Å². The average molecular weight is 267 g/mol. The van der Waals surface area contributed by atoms with Crippen LogP contribution in [-0.4, -0.2) is 42.4 Å². The maximum atomic E-state index is 10.2. The Labute approximate surface area is 115 Å². The second-order valence-electron chi connectivity index (χ2n) is 6.53. The van der Waals surface area contributed by atoms with Crippen molar-refractivity contribution in [3.05, 3.63) is 24.2 Å². The molecule has 1 aromatic heterocycles. The first-order chi connectivity index (χ1) is 8.96. The summed E-state index contributed by atoms with van der Waals surface area (Å²) in [5.74, 6) is 0.640. The van der Waals surface area contributed by atoms with Gasteiger partial charge < -0.3 is 14.3 Å². The summed E-state index contributed by atoms with van der Waals surface area (Å²) in [6, 6.07) is 3.89. The number of aliphatic hydroxyl groups excluding tert-OH is 1. The quantitative estimate of drug-likeness (QED) is 0.910. The summed E-state index contributed by atoms with van der Waals surface area (Å²) < 4.78 is 10.8. The Morgan fingerprint density at radius 1 is 1.47 bits per heavy atom. The van der Waals surface area contributed by atoms with Crippen molar-refractivity contribution in [3.8, 4) is 0 Å². The number of ether oxygens (including phenoxy) is 1. The maximum Gasteiger partial charge on any atom is 0.132 e. The molecule has 108 valence electrons. The van der Waals surface area contributed by atoms with E-state index >= 15 is 0 Å². The summed E-state index contributed by atoms with van der Waals surface area (Å²) in [7, 11) is 0. The molecule has 2 heterocycles. The van der Waals surface area contributed by atoms with Crippen LogP contribution in [0.25, 0.3) is 0 Å². The van der Waals surface area contributed by atoms with Crippen LogP contribution in [0.15, 0.2) is 22.8 Å². The Balaban J connectivity index is 1.95. The molecule has 19 heavy (non-hydrogen) atoms. The first kappa shape index (κ1) is 14.6. The summed E-state index contributed by atoms with van der Waals surface area (Å²) in [6.07, 6.45) is 1.70. The molecule has 1 fully saturated rings. The molecule has 1 aliphatic heterocycles. The number of nitrogens with zero attached hydrogens (tertiary/aromatic N) is 1. The zero-order valence-corrected chi connectivity index (χ0v) is 12.1. The number of furan rings is 1. The van der Waals surface area contributed by atoms with Crippen molar-refractivity contribution in [1.29, 1.82) is 0 Å². The van der Waals surface area contributed by atoms with Crippen LogP contribution in [-0.2, 0) is 4.74 Å². The zero-order chi connectivity index (χ0) is 13.9. The molecule has 1 aromatic rings. The van der Waals surface area contributed by atoms with Crippen molar-refractivity contribution in [2.45, 2.75) is 39.3 Å². The molecular weight excluding hydrogens is 242 g/mol. The molecule has 1 saturated heterocycles. The molecule has 4 heteroatoms. The lowest BCUT2D eigenvalue weighted by molar-refractivity contribution is -0.0398. The van der Waals surface area contributed by atoms with Gasteiger partial charge in [0.2, 0.25) is 0 Å². The van der Waals surface area contributed by atoms with Crippen LogP contribution in [0.4, 0.5) is 0 Å². The number of aliphatic hydroxyl groups is 1. The largest absolute Gasteiger partial charge is 0.467 e. The van der Waals surface area contributed by atoms with Gasteiger partial charge in [-0.1, -0.05) is 20.8 Å². The van der Waals surface area contributed by atoms with Gasteiger partial charge in [0.25, 0.3) is 0 Å². The minimum Gasteiger partial charge on any atom is -0.467 e. The van der Waals surface area contributed by atoms with Crippen LogP contribution >= 0.6 is 0 Å². The second kappa shape index (κ2) is 6.07. The Kier molecular flexibility index (Phi) is 4.66. The van der Waals surface area contributed by atoms with E-state index in [2.05, 4.69) is 25.7 Å². The van der Waals surface area contributed by atoms with Crippen LogP contribution in [0.5, 0.6) is 0 Å². The molecule has 4 nitrogen and oxygen atoms in total. The number of rotatable bonds is 4. The highest BCUT2D eigenvalue weighted by molar-refractivity contribution is 5.02. The van der Waals surface area contributed by atoms with E-state index in [4.69, 9.17) is 9.15 Å². The van der Waals surface area contributed by atoms with Crippen LogP contribution < -0.4 is 0 Å². The molecule has 0 radical (unpaired) electrons. The van der Waals surface area contributed by atoms with Crippen molar-refractivity contribution in [3.63, 3.8) is 0 Å². The first-order valence-corrected chi connectivity index (χ1v) is 6.99. The van der Waals surface area contributed by atoms with Crippen molar-refractivity contribution >= 4 is 0 Å². The molecule has 0 bridgehead atoms. The van der Waals surface area contributed by atoms with Crippen molar-refractivity contribution in [1.82, 2.24) is 4.90 Å². The number of morpholine rings is 1. The predicted octanol–water partition coefficient (Wildman–Crippen LogP) is 2.45. The predicted molar refractivity (Wildman–Crippen MR) is 73.9 cm³/mol. The monoisotopic (exact) mass is 267 g/mol. The van der Waals surface area contributed by atoms with Crippen LogP contribution in [0, 0.1) is 5.41 Å². The first-order valence-electron chi connectivity index (χ1n) is 6.99. The van der Waals surface area contributed by atoms with Gasteiger partial charge in [0.15, 0.2) is 0 Å². The molecule has 0 aliphatic carbocycles. The Hall–Kier alpha value is -0.840. The Morgan fingerprint density at radius 2 is 2.26 bits per heavy atom. The average Bonchev–Trinajstić information content (AvgIpc) is 2.83. The zero-order valence-electron chi connectivity index (χ0n) is 12.1. The SMILES string of the molecule is CC(C)(C)CN1CCOCC1CC(O)c1ccco1. The van der Waals surface area contributed by atoms with Crippen molar-refractivity contribution in [2.75, 3.05) is 26.3 Å². The molecule has 2 unspecified atom stereocenters. The van der Waals surface area contributed by atoms with Crippen molar-refractivity contribution in [2.24, 2.45) is 5.41 Å². The van der Waals surface area contributed by atoms with Gasteiger partial charge in [-0.05, 0) is 24.0 Å². The highest BCUT2D eigenvalue weighted by Gasteiger charge is 2.29. The highest BCUT2D eigenvalue weighted by Crippen LogP contribution is 2.25. The van der Waals surface area contributed by atoms with Crippen LogP contribution in [0.2, 0.25) is 0 Å². The minimum absolute atomic E-state index is 0.255. The van der Waals surface area contributed by atoms with Gasteiger partial charge in [-0.3, -0.25) is 4.90 Å². The standard InChI is InChI=1S/C15H25NO3/c1-15(2,3)11-16-6-8-18-10-12(16)9-13(17)14-5-4-7-19-14/h4-5,7,12-13,17H,6,8-11H2,1-3H3. The lowest BCUT2D eigenvalue weighted by atomic mass is 9.94. The van der Waals surface area contributed by atoms with Gasteiger partial charge in [-0.2, -0.15) is 0 Å². The number of hydrogen-bond donors (Lipinski definition) is 1. The Bertz CT molecular complexity index is 369. The molecule has 1 N–H and O–H groups in total. The molecule has 1 aliphatic rings. The molecule has 2 rings (SSSR count). The topological polar surface area (TPSA) is 45.8 Å². The third-order valence-corrected chi connectivity index (χ3v) is 3.39. The molecule has 0 spiro atoms. The third kappa shape index (κ3) is 4.34. The minimum atomic E-state index is -0.552. The fraction of sp³-hybridized carbons (Fsp3) is 0.733. The fourth-order valence-electron chi connectivity index (χ4n) is 2.58. The van der Waals surface area contributed by atoms with Gasteiger partial charge in [0.05, 0.1) is 19.5 Å². The van der Waals surface area contributed by atoms with Crippen LogP contribution in [0.3, 0.4) is 0 Å². The molecule has 0 amide bonds. The van der Waals surface area contributed by atoms with Crippen LogP contribution in [0.1, 0.15) is 39.1 Å². The molecule has 0 aromatic carbocycles. The third-order valence-electron chi connectivity index (χ3n) is 3.39. The van der Waals surface area contributed by atoms with E-state index in [1.807, 2.05) is 12.1 Å². The van der Waals surface area contributed by atoms with E-state index in [0.29, 0.717) is 18.8 Å². The summed E-state index contributed by atoms with van der Waals surface area (Å²) in [5, 5.41) is 10.2. The van der Waals surface area contributed by atoms with E-state index in [9.17, 15) is 5.11 Å². The van der Waals surface area contributed by atoms with Gasteiger partial charge >= 0.3 is 0 Å². The smallest absolute Gasteiger partial charge is 0.132 e. The van der Waals surface area contributed by atoms with E-state index in [-0.39, 0.29) is 11.5 Å². The summed E-state index contributed by atoms with van der Waals surface area (Å²) in [5.41, 5.74) is 0.255. The van der Waals surface area contributed by atoms with Gasteiger partial charge in [0, 0.05) is 19.1 Å². The molecule has 2 atom stereocenters. The van der Waals surface area contributed by atoms with E-state index in [0.717, 1.165) is 19.7 Å². The fourth-order valence-corrected chi connectivity index (χ4v) is 2.58. The van der Waals surface area contributed by atoms with E-state index < -0.39 is 6.10 Å². The highest BCUT2D eigenvalue weighted by atomic mass is 16.5. The molecular formula is C15H25NO3. The van der Waals surface area contributed by atoms with E-state index in [1.165, 1.54) is 0 Å². The molecule has 0 saturated carbocycles. The van der Waals surface area contributed by atoms with Gasteiger partial charge in [-0.25, -0.2) is 0 Å². The number of hydrogen-bond acceptors (Lipinski definition) is 4. The second-order valence-corrected chi connectivity index (χ2v) is 6.53. The lowest BCUT2D eigenvalue weighted by Crippen LogP contribution is -2.49. The summed E-state index contributed by atoms with van der Waals surface area (Å²) in [4.78, 5) is 2.43. The summed E-state index contributed by atoms with van der Waals surface area (Å²) >= 11 is 0.